The van der Waals surface area contributed by atoms with E-state index in [4.69, 9.17) is 0 Å². The molecule has 2 amide bonds. The molecule has 2 heterocycles. The summed E-state index contributed by atoms with van der Waals surface area (Å²) >= 11 is 0. The van der Waals surface area contributed by atoms with Crippen LogP contribution in [0.2, 0.25) is 0 Å². The second-order valence-corrected chi connectivity index (χ2v) is 8.32. The summed E-state index contributed by atoms with van der Waals surface area (Å²) < 4.78 is 0. The summed E-state index contributed by atoms with van der Waals surface area (Å²) in [4.78, 5) is 27.1. The molecule has 5 nitrogen and oxygen atoms in total. The number of likely N-dealkylation sites (tertiary alicyclic amines) is 1. The lowest BCUT2D eigenvalue weighted by molar-refractivity contribution is -0.135. The Labute approximate surface area is 144 Å². The molecule has 4 unspecified atom stereocenters. The van der Waals surface area contributed by atoms with Gasteiger partial charge in [-0.3, -0.25) is 9.59 Å². The first-order valence-electron chi connectivity index (χ1n) is 10.0. The maximum atomic E-state index is 12.8. The molecule has 2 saturated carbocycles. The summed E-state index contributed by atoms with van der Waals surface area (Å²) in [7, 11) is 0. The van der Waals surface area contributed by atoms with Crippen molar-refractivity contribution >= 4 is 11.8 Å². The van der Waals surface area contributed by atoms with Crippen molar-refractivity contribution in [3.05, 3.63) is 0 Å². The van der Waals surface area contributed by atoms with E-state index in [2.05, 4.69) is 15.5 Å². The molecule has 0 aromatic carbocycles. The third-order valence-corrected chi connectivity index (χ3v) is 6.71. The fourth-order valence-corrected chi connectivity index (χ4v) is 5.28. The van der Waals surface area contributed by atoms with Gasteiger partial charge in [0.25, 0.3) is 0 Å². The van der Waals surface area contributed by atoms with Gasteiger partial charge >= 0.3 is 0 Å². The molecule has 2 saturated heterocycles. The van der Waals surface area contributed by atoms with Crippen LogP contribution in [0.25, 0.3) is 0 Å². The zero-order valence-corrected chi connectivity index (χ0v) is 14.6. The van der Waals surface area contributed by atoms with E-state index in [-0.39, 0.29) is 11.9 Å². The maximum Gasteiger partial charge on any atom is 0.237 e. The number of nitrogens with zero attached hydrogens (tertiary/aromatic N) is 1. The molecule has 2 aliphatic carbocycles. The highest BCUT2D eigenvalue weighted by Gasteiger charge is 2.55. The zero-order valence-electron chi connectivity index (χ0n) is 14.6. The molecule has 0 aromatic heterocycles. The lowest BCUT2D eigenvalue weighted by atomic mass is 9.97. The molecule has 0 aromatic rings. The van der Waals surface area contributed by atoms with E-state index in [0.29, 0.717) is 29.6 Å². The number of carbonyl (C=O) groups is 2. The van der Waals surface area contributed by atoms with Crippen molar-refractivity contribution in [2.24, 2.45) is 23.7 Å². The number of hydrogen-bond acceptors (Lipinski definition) is 3. The quantitative estimate of drug-likeness (QED) is 0.820. The summed E-state index contributed by atoms with van der Waals surface area (Å²) in [6, 6.07) is 0.000847. The molecule has 2 N–H and O–H groups in total. The first-order chi connectivity index (χ1) is 11.7. The predicted octanol–water partition coefficient (Wildman–Crippen LogP) is 1.53. The highest BCUT2D eigenvalue weighted by atomic mass is 16.2. The van der Waals surface area contributed by atoms with E-state index >= 15 is 0 Å². The lowest BCUT2D eigenvalue weighted by Gasteiger charge is -2.33. The first-order valence-corrected chi connectivity index (χ1v) is 10.0. The highest BCUT2D eigenvalue weighted by molar-refractivity contribution is 5.83. The van der Waals surface area contributed by atoms with E-state index < -0.39 is 0 Å². The number of hydrogen-bond donors (Lipinski definition) is 2. The minimum atomic E-state index is 0.000847. The van der Waals surface area contributed by atoms with Gasteiger partial charge in [0.15, 0.2) is 0 Å². The normalized spacial score (nSPS) is 38.5. The third-order valence-electron chi connectivity index (χ3n) is 6.71. The second-order valence-electron chi connectivity index (χ2n) is 8.32. The van der Waals surface area contributed by atoms with Crippen LogP contribution in [-0.4, -0.2) is 48.9 Å². The molecule has 24 heavy (non-hydrogen) atoms. The average Bonchev–Trinajstić information content (AvgIpc) is 3.08. The number of carbonyl (C=O) groups excluding carboxylic acids is 2. The smallest absolute Gasteiger partial charge is 0.237 e. The number of amides is 2. The summed E-state index contributed by atoms with van der Waals surface area (Å²) in [5.74, 6) is 2.71. The van der Waals surface area contributed by atoms with E-state index in [1.165, 1.54) is 25.7 Å². The van der Waals surface area contributed by atoms with E-state index in [9.17, 15) is 9.59 Å². The monoisotopic (exact) mass is 333 g/mol. The summed E-state index contributed by atoms with van der Waals surface area (Å²) in [5, 5.41) is 6.36. The van der Waals surface area contributed by atoms with Crippen molar-refractivity contribution in [2.45, 2.75) is 57.4 Å². The van der Waals surface area contributed by atoms with Crippen molar-refractivity contribution in [1.82, 2.24) is 15.5 Å². The minimum Gasteiger partial charge on any atom is -0.354 e. The highest BCUT2D eigenvalue weighted by Crippen LogP contribution is 2.56. The number of rotatable bonds is 4. The summed E-state index contributed by atoms with van der Waals surface area (Å²) in [5.41, 5.74) is 0. The van der Waals surface area contributed by atoms with E-state index in [1.54, 1.807) is 0 Å². The first kappa shape index (κ1) is 16.4. The molecule has 4 fully saturated rings. The molecule has 4 atom stereocenters. The Bertz CT molecular complexity index is 477. The topological polar surface area (TPSA) is 61.4 Å². The third kappa shape index (κ3) is 3.32. The standard InChI is InChI=1S/C19H31N3O2/c23-18(16-8-3-9-20-16)21-11-13-5-4-10-22(12-13)19(24)17-14-6-1-2-7-15(14)17/h13-17,20H,1-12H2,(H,21,23). The van der Waals surface area contributed by atoms with E-state index in [1.807, 2.05) is 0 Å². The van der Waals surface area contributed by atoms with Crippen molar-refractivity contribution < 1.29 is 9.59 Å². The van der Waals surface area contributed by atoms with Crippen LogP contribution < -0.4 is 10.6 Å². The Hall–Kier alpha value is -1.10. The average molecular weight is 333 g/mol. The Balaban J connectivity index is 1.25. The van der Waals surface area contributed by atoms with Crippen LogP contribution in [0.1, 0.15) is 51.4 Å². The predicted molar refractivity (Wildman–Crippen MR) is 92.3 cm³/mol. The van der Waals surface area contributed by atoms with Gasteiger partial charge in [-0.1, -0.05) is 12.8 Å². The zero-order chi connectivity index (χ0) is 16.5. The van der Waals surface area contributed by atoms with Gasteiger partial charge < -0.3 is 15.5 Å². The van der Waals surface area contributed by atoms with Crippen molar-refractivity contribution in [3.8, 4) is 0 Å². The largest absolute Gasteiger partial charge is 0.354 e. The Morgan fingerprint density at radius 2 is 1.79 bits per heavy atom. The molecule has 0 radical (unpaired) electrons. The van der Waals surface area contributed by atoms with Gasteiger partial charge in [0.1, 0.15) is 0 Å². The van der Waals surface area contributed by atoms with Gasteiger partial charge in [-0.2, -0.15) is 0 Å². The van der Waals surface area contributed by atoms with Crippen molar-refractivity contribution in [2.75, 3.05) is 26.2 Å². The van der Waals surface area contributed by atoms with Gasteiger partial charge in [-0.05, 0) is 62.8 Å². The minimum absolute atomic E-state index is 0.000847. The van der Waals surface area contributed by atoms with Crippen LogP contribution in [0.15, 0.2) is 0 Å². The molecular formula is C19H31N3O2. The fraction of sp³-hybridized carbons (Fsp3) is 0.895. The SMILES string of the molecule is O=C(NCC1CCCN(C(=O)C2C3CCCCC32)C1)C1CCCN1. The molecular weight excluding hydrogens is 302 g/mol. The van der Waals surface area contributed by atoms with Crippen LogP contribution in [0.3, 0.4) is 0 Å². The molecule has 4 aliphatic rings. The molecule has 5 heteroatoms. The lowest BCUT2D eigenvalue weighted by Crippen LogP contribution is -2.47. The van der Waals surface area contributed by atoms with Crippen LogP contribution >= 0.6 is 0 Å². The Kier molecular flexibility index (Phi) is 4.79. The van der Waals surface area contributed by atoms with Crippen LogP contribution in [0.4, 0.5) is 0 Å². The summed E-state index contributed by atoms with van der Waals surface area (Å²) in [6.45, 7) is 3.43. The van der Waals surface area contributed by atoms with Gasteiger partial charge in [0, 0.05) is 25.6 Å². The molecule has 4 rings (SSSR count). The number of fused-ring (bicyclic) bond motifs is 1. The number of nitrogens with one attached hydrogen (secondary N) is 2. The molecule has 134 valence electrons. The molecule has 2 aliphatic heterocycles. The fourth-order valence-electron chi connectivity index (χ4n) is 5.28. The van der Waals surface area contributed by atoms with Crippen molar-refractivity contribution in [1.29, 1.82) is 0 Å². The van der Waals surface area contributed by atoms with Crippen LogP contribution in [-0.2, 0) is 9.59 Å². The number of piperidine rings is 1. The molecule has 0 bridgehead atoms. The van der Waals surface area contributed by atoms with Gasteiger partial charge in [0.05, 0.1) is 6.04 Å². The molecule has 0 spiro atoms. The second kappa shape index (κ2) is 7.03. The van der Waals surface area contributed by atoms with Gasteiger partial charge in [0.2, 0.25) is 11.8 Å². The Morgan fingerprint density at radius 1 is 1.00 bits per heavy atom. The van der Waals surface area contributed by atoms with E-state index in [0.717, 1.165) is 51.9 Å². The Morgan fingerprint density at radius 3 is 2.50 bits per heavy atom. The van der Waals surface area contributed by atoms with Gasteiger partial charge in [-0.25, -0.2) is 0 Å². The summed E-state index contributed by atoms with van der Waals surface area (Å²) in [6.07, 6.45) is 9.41. The van der Waals surface area contributed by atoms with Gasteiger partial charge in [-0.15, -0.1) is 0 Å². The maximum absolute atomic E-state index is 12.8. The van der Waals surface area contributed by atoms with Crippen LogP contribution in [0.5, 0.6) is 0 Å². The van der Waals surface area contributed by atoms with Crippen molar-refractivity contribution in [3.63, 3.8) is 0 Å². The van der Waals surface area contributed by atoms with Crippen LogP contribution in [0, 0.1) is 23.7 Å².